The zero-order valence-corrected chi connectivity index (χ0v) is 12.9. The third-order valence-corrected chi connectivity index (χ3v) is 3.56. The number of aromatic hydroxyl groups is 1. The molecule has 0 bridgehead atoms. The Labute approximate surface area is 130 Å². The molecule has 1 aromatic carbocycles. The van der Waals surface area contributed by atoms with Gasteiger partial charge in [0.15, 0.2) is 6.61 Å². The summed E-state index contributed by atoms with van der Waals surface area (Å²) in [4.78, 5) is 23.3. The fraction of sp³-hybridized carbons (Fsp3) is 0.429. The Bertz CT molecular complexity index is 528. The maximum absolute atomic E-state index is 11.8. The molecule has 1 fully saturated rings. The molecule has 21 heavy (non-hydrogen) atoms. The molecule has 0 spiro atoms. The van der Waals surface area contributed by atoms with Crippen LogP contribution >= 0.6 is 15.9 Å². The first-order valence-electron chi connectivity index (χ1n) is 6.60. The lowest BCUT2D eigenvalue weighted by Crippen LogP contribution is -2.34. The van der Waals surface area contributed by atoms with E-state index >= 15 is 0 Å². The van der Waals surface area contributed by atoms with Crippen LogP contribution in [0.3, 0.4) is 0 Å². The summed E-state index contributed by atoms with van der Waals surface area (Å²) in [7, 11) is 0. The predicted octanol–water partition coefficient (Wildman–Crippen LogP) is 1.61. The smallest absolute Gasteiger partial charge is 0.342 e. The van der Waals surface area contributed by atoms with E-state index in [2.05, 4.69) is 21.2 Å². The monoisotopic (exact) mass is 357 g/mol. The van der Waals surface area contributed by atoms with Gasteiger partial charge in [-0.2, -0.15) is 0 Å². The van der Waals surface area contributed by atoms with Gasteiger partial charge in [-0.25, -0.2) is 4.79 Å². The average Bonchev–Trinajstić information content (AvgIpc) is 2.98. The summed E-state index contributed by atoms with van der Waals surface area (Å²) < 4.78 is 10.9. The first-order chi connectivity index (χ1) is 10.1. The molecule has 114 valence electrons. The van der Waals surface area contributed by atoms with Crippen molar-refractivity contribution in [2.45, 2.75) is 18.9 Å². The summed E-state index contributed by atoms with van der Waals surface area (Å²) in [6, 6.07) is 4.40. The van der Waals surface area contributed by atoms with Gasteiger partial charge < -0.3 is 19.9 Å². The van der Waals surface area contributed by atoms with Crippen LogP contribution in [-0.4, -0.2) is 42.8 Å². The van der Waals surface area contributed by atoms with Gasteiger partial charge in [0, 0.05) is 17.6 Å². The summed E-state index contributed by atoms with van der Waals surface area (Å²) in [6.07, 6.45) is 1.96. The first-order valence-corrected chi connectivity index (χ1v) is 7.39. The first kappa shape index (κ1) is 15.8. The van der Waals surface area contributed by atoms with Gasteiger partial charge in [-0.05, 0) is 31.0 Å². The van der Waals surface area contributed by atoms with Crippen molar-refractivity contribution >= 4 is 27.8 Å². The highest BCUT2D eigenvalue weighted by atomic mass is 79.9. The van der Waals surface area contributed by atoms with Gasteiger partial charge in [-0.3, -0.25) is 4.79 Å². The topological polar surface area (TPSA) is 84.9 Å². The molecule has 0 aromatic heterocycles. The fourth-order valence-electron chi connectivity index (χ4n) is 1.96. The molecule has 0 unspecified atom stereocenters. The number of phenols is 1. The molecule has 0 aliphatic carbocycles. The lowest BCUT2D eigenvalue weighted by atomic mass is 10.2. The molecule has 2 rings (SSSR count). The molecule has 0 saturated carbocycles. The van der Waals surface area contributed by atoms with E-state index in [0.717, 1.165) is 19.4 Å². The molecular formula is C14H16BrNO5. The largest absolute Gasteiger partial charge is 0.507 e. The fourth-order valence-corrected chi connectivity index (χ4v) is 2.33. The van der Waals surface area contributed by atoms with Crippen molar-refractivity contribution < 1.29 is 24.2 Å². The van der Waals surface area contributed by atoms with Crippen LogP contribution in [0.1, 0.15) is 23.2 Å². The highest BCUT2D eigenvalue weighted by Crippen LogP contribution is 2.22. The second-order valence-electron chi connectivity index (χ2n) is 4.68. The van der Waals surface area contributed by atoms with Gasteiger partial charge >= 0.3 is 5.97 Å². The van der Waals surface area contributed by atoms with Crippen LogP contribution in [0.5, 0.6) is 5.75 Å². The van der Waals surface area contributed by atoms with E-state index in [1.165, 1.54) is 12.1 Å². The van der Waals surface area contributed by atoms with Crippen LogP contribution in [0.4, 0.5) is 0 Å². The van der Waals surface area contributed by atoms with Crippen molar-refractivity contribution in [1.82, 2.24) is 5.32 Å². The molecule has 1 saturated heterocycles. The number of halogens is 1. The minimum atomic E-state index is -0.749. The van der Waals surface area contributed by atoms with Crippen molar-refractivity contribution in [3.63, 3.8) is 0 Å². The normalized spacial score (nSPS) is 17.5. The van der Waals surface area contributed by atoms with Crippen LogP contribution in [-0.2, 0) is 14.3 Å². The highest BCUT2D eigenvalue weighted by molar-refractivity contribution is 9.10. The number of hydrogen-bond acceptors (Lipinski definition) is 5. The van der Waals surface area contributed by atoms with E-state index in [4.69, 9.17) is 9.47 Å². The summed E-state index contributed by atoms with van der Waals surface area (Å²) in [5.41, 5.74) is 0.0105. The van der Waals surface area contributed by atoms with Crippen molar-refractivity contribution in [2.24, 2.45) is 0 Å². The molecule has 2 N–H and O–H groups in total. The second kappa shape index (κ2) is 7.42. The Morgan fingerprint density at radius 2 is 2.29 bits per heavy atom. The van der Waals surface area contributed by atoms with Gasteiger partial charge in [-0.15, -0.1) is 0 Å². The molecule has 1 aromatic rings. The van der Waals surface area contributed by atoms with Crippen LogP contribution in [0.25, 0.3) is 0 Å². The number of benzene rings is 1. The summed E-state index contributed by atoms with van der Waals surface area (Å²) in [5.74, 6) is -1.34. The van der Waals surface area contributed by atoms with Gasteiger partial charge in [0.2, 0.25) is 0 Å². The van der Waals surface area contributed by atoms with E-state index in [1.54, 1.807) is 6.07 Å². The number of nitrogens with one attached hydrogen (secondary N) is 1. The number of carbonyl (C=O) groups is 2. The van der Waals surface area contributed by atoms with E-state index in [1.807, 2.05) is 0 Å². The highest BCUT2D eigenvalue weighted by Gasteiger charge is 2.18. The van der Waals surface area contributed by atoms with Crippen molar-refractivity contribution in [3.8, 4) is 5.75 Å². The molecule has 1 atom stereocenters. The van der Waals surface area contributed by atoms with Crippen molar-refractivity contribution in [2.75, 3.05) is 19.8 Å². The van der Waals surface area contributed by atoms with E-state index < -0.39 is 18.5 Å². The zero-order chi connectivity index (χ0) is 15.2. The van der Waals surface area contributed by atoms with E-state index in [-0.39, 0.29) is 17.4 Å². The standard InChI is InChI=1S/C14H16BrNO5/c15-9-3-4-12(17)11(6-9)14(19)21-8-13(18)16-7-10-2-1-5-20-10/h3-4,6,10,17H,1-2,5,7-8H2,(H,16,18)/t10-/m1/s1. The molecule has 1 aliphatic rings. The third kappa shape index (κ3) is 4.71. The minimum absolute atomic E-state index is 0.0105. The number of esters is 1. The third-order valence-electron chi connectivity index (χ3n) is 3.06. The summed E-state index contributed by atoms with van der Waals surface area (Å²) in [5, 5.41) is 12.2. The predicted molar refractivity (Wildman–Crippen MR) is 78.1 cm³/mol. The SMILES string of the molecule is O=C(COC(=O)c1cc(Br)ccc1O)NC[C@H]1CCCO1. The van der Waals surface area contributed by atoms with Crippen molar-refractivity contribution in [3.05, 3.63) is 28.2 Å². The van der Waals surface area contributed by atoms with Crippen LogP contribution in [0, 0.1) is 0 Å². The number of hydrogen-bond donors (Lipinski definition) is 2. The Balaban J connectivity index is 1.77. The van der Waals surface area contributed by atoms with E-state index in [0.29, 0.717) is 11.0 Å². The maximum atomic E-state index is 11.8. The van der Waals surface area contributed by atoms with Gasteiger partial charge in [0.25, 0.3) is 5.91 Å². The number of ether oxygens (including phenoxy) is 2. The van der Waals surface area contributed by atoms with Crippen LogP contribution in [0.15, 0.2) is 22.7 Å². The molecule has 1 heterocycles. The van der Waals surface area contributed by atoms with E-state index in [9.17, 15) is 14.7 Å². The summed E-state index contributed by atoms with van der Waals surface area (Å²) in [6.45, 7) is 0.744. The van der Waals surface area contributed by atoms with Gasteiger partial charge in [-0.1, -0.05) is 15.9 Å². The minimum Gasteiger partial charge on any atom is -0.507 e. The van der Waals surface area contributed by atoms with Crippen LogP contribution < -0.4 is 5.32 Å². The molecular weight excluding hydrogens is 342 g/mol. The average molecular weight is 358 g/mol. The lowest BCUT2D eigenvalue weighted by molar-refractivity contribution is -0.124. The summed E-state index contributed by atoms with van der Waals surface area (Å²) >= 11 is 3.20. The molecule has 1 amide bonds. The number of amides is 1. The zero-order valence-electron chi connectivity index (χ0n) is 11.3. The molecule has 0 radical (unpaired) electrons. The van der Waals surface area contributed by atoms with Gasteiger partial charge in [0.1, 0.15) is 11.3 Å². The van der Waals surface area contributed by atoms with Crippen molar-refractivity contribution in [1.29, 1.82) is 0 Å². The van der Waals surface area contributed by atoms with Gasteiger partial charge in [0.05, 0.1) is 6.10 Å². The lowest BCUT2D eigenvalue weighted by Gasteiger charge is -2.11. The Kier molecular flexibility index (Phi) is 5.58. The maximum Gasteiger partial charge on any atom is 0.342 e. The molecule has 6 nitrogen and oxygen atoms in total. The second-order valence-corrected chi connectivity index (χ2v) is 5.59. The Morgan fingerprint density at radius 1 is 1.48 bits per heavy atom. The number of rotatable bonds is 5. The quantitative estimate of drug-likeness (QED) is 0.782. The number of carbonyl (C=O) groups excluding carboxylic acids is 2. The number of phenolic OH excluding ortho intramolecular Hbond substituents is 1. The Hall–Kier alpha value is -1.60. The molecule has 1 aliphatic heterocycles. The Morgan fingerprint density at radius 3 is 3.00 bits per heavy atom. The van der Waals surface area contributed by atoms with Crippen LogP contribution in [0.2, 0.25) is 0 Å². The molecule has 7 heteroatoms.